The van der Waals surface area contributed by atoms with Crippen molar-refractivity contribution in [2.24, 2.45) is 5.92 Å². The molecule has 0 aliphatic carbocycles. The number of halogens is 4. The Balaban J connectivity index is 0.00000243. The average molecular weight is 391 g/mol. The van der Waals surface area contributed by atoms with E-state index in [4.69, 9.17) is 0 Å². The summed E-state index contributed by atoms with van der Waals surface area (Å²) in [5.74, 6) is -0.159. The average Bonchev–Trinajstić information content (AvgIpc) is 2.97. The van der Waals surface area contributed by atoms with Crippen molar-refractivity contribution >= 4 is 29.2 Å². The number of hydrogen-bond donors (Lipinski definition) is 2. The van der Waals surface area contributed by atoms with Gasteiger partial charge in [-0.05, 0) is 56.5 Å². The van der Waals surface area contributed by atoms with E-state index in [2.05, 4.69) is 10.4 Å². The van der Waals surface area contributed by atoms with Crippen LogP contribution in [0.5, 0.6) is 0 Å². The molecule has 9 heteroatoms. The SMILES string of the molecule is Cc1c(C(=O)NCC(F)(F)F)ccc2nn(CC3CCNCC3)cc12.Cl. The number of nitrogens with one attached hydrogen (secondary N) is 2. The first-order chi connectivity index (χ1) is 11.8. The number of carbonyl (C=O) groups is 1. The Morgan fingerprint density at radius 1 is 1.35 bits per heavy atom. The maximum Gasteiger partial charge on any atom is 0.405 e. The number of benzene rings is 1. The zero-order valence-electron chi connectivity index (χ0n) is 14.4. The van der Waals surface area contributed by atoms with Crippen LogP contribution in [0.25, 0.3) is 10.9 Å². The number of fused-ring (bicyclic) bond motifs is 1. The van der Waals surface area contributed by atoms with Crippen LogP contribution in [-0.2, 0) is 6.54 Å². The highest BCUT2D eigenvalue weighted by atomic mass is 35.5. The molecule has 0 atom stereocenters. The number of aryl methyl sites for hydroxylation is 1. The van der Waals surface area contributed by atoms with E-state index in [1.165, 1.54) is 6.07 Å². The molecule has 26 heavy (non-hydrogen) atoms. The van der Waals surface area contributed by atoms with Crippen LogP contribution in [0.15, 0.2) is 18.3 Å². The minimum atomic E-state index is -4.42. The molecule has 1 aromatic heterocycles. The fourth-order valence-electron chi connectivity index (χ4n) is 3.22. The van der Waals surface area contributed by atoms with Gasteiger partial charge in [0, 0.05) is 23.7 Å². The number of piperidine rings is 1. The van der Waals surface area contributed by atoms with Gasteiger partial charge in [-0.1, -0.05) is 0 Å². The third-order valence-corrected chi connectivity index (χ3v) is 4.60. The Morgan fingerprint density at radius 2 is 2.04 bits per heavy atom. The summed E-state index contributed by atoms with van der Waals surface area (Å²) < 4.78 is 38.7. The molecule has 3 rings (SSSR count). The number of aromatic nitrogens is 2. The highest BCUT2D eigenvalue weighted by molar-refractivity contribution is 6.00. The normalized spacial score (nSPS) is 15.7. The fourth-order valence-corrected chi connectivity index (χ4v) is 3.22. The molecule has 1 aliphatic rings. The largest absolute Gasteiger partial charge is 0.405 e. The summed E-state index contributed by atoms with van der Waals surface area (Å²) in [4.78, 5) is 12.0. The van der Waals surface area contributed by atoms with Crippen molar-refractivity contribution in [3.63, 3.8) is 0 Å². The van der Waals surface area contributed by atoms with Crippen LogP contribution in [0, 0.1) is 12.8 Å². The number of rotatable bonds is 4. The predicted octanol–water partition coefficient (Wildman–Crippen LogP) is 3.06. The van der Waals surface area contributed by atoms with Gasteiger partial charge in [-0.2, -0.15) is 18.3 Å². The van der Waals surface area contributed by atoms with Gasteiger partial charge in [0.2, 0.25) is 0 Å². The minimum absolute atomic E-state index is 0. The molecule has 0 bridgehead atoms. The van der Waals surface area contributed by atoms with Crippen LogP contribution >= 0.6 is 12.4 Å². The summed E-state index contributed by atoms with van der Waals surface area (Å²) in [6.45, 7) is 3.23. The van der Waals surface area contributed by atoms with Crippen LogP contribution in [-0.4, -0.2) is 41.5 Å². The maximum atomic E-state index is 12.3. The summed E-state index contributed by atoms with van der Waals surface area (Å²) in [6, 6.07) is 3.22. The Labute approximate surface area is 155 Å². The van der Waals surface area contributed by atoms with Gasteiger partial charge in [0.25, 0.3) is 5.91 Å². The Hall–Kier alpha value is -1.80. The second-order valence-corrected chi connectivity index (χ2v) is 6.51. The lowest BCUT2D eigenvalue weighted by Crippen LogP contribution is -2.34. The van der Waals surface area contributed by atoms with Crippen LogP contribution in [0.4, 0.5) is 13.2 Å². The van der Waals surface area contributed by atoms with Gasteiger partial charge < -0.3 is 10.6 Å². The molecule has 144 valence electrons. The van der Waals surface area contributed by atoms with Crippen molar-refractivity contribution in [1.29, 1.82) is 0 Å². The monoisotopic (exact) mass is 390 g/mol. The predicted molar refractivity (Wildman–Crippen MR) is 95.7 cm³/mol. The highest BCUT2D eigenvalue weighted by Crippen LogP contribution is 2.23. The third kappa shape index (κ3) is 4.88. The van der Waals surface area contributed by atoms with Gasteiger partial charge in [0.1, 0.15) is 6.54 Å². The van der Waals surface area contributed by atoms with Gasteiger partial charge >= 0.3 is 6.18 Å². The Bertz CT molecular complexity index is 769. The van der Waals surface area contributed by atoms with Crippen molar-refractivity contribution in [1.82, 2.24) is 20.4 Å². The molecule has 1 aliphatic heterocycles. The second-order valence-electron chi connectivity index (χ2n) is 6.51. The quantitative estimate of drug-likeness (QED) is 0.843. The summed E-state index contributed by atoms with van der Waals surface area (Å²) in [5.41, 5.74) is 1.64. The molecule has 0 saturated carbocycles. The van der Waals surface area contributed by atoms with Crippen molar-refractivity contribution in [3.8, 4) is 0 Å². The summed E-state index contributed by atoms with van der Waals surface area (Å²) in [5, 5.41) is 10.6. The van der Waals surface area contributed by atoms with E-state index in [1.54, 1.807) is 13.0 Å². The van der Waals surface area contributed by atoms with Gasteiger partial charge in [-0.3, -0.25) is 9.48 Å². The lowest BCUT2D eigenvalue weighted by molar-refractivity contribution is -0.123. The molecule has 0 spiro atoms. The van der Waals surface area contributed by atoms with Gasteiger partial charge in [0.15, 0.2) is 0 Å². The van der Waals surface area contributed by atoms with E-state index in [0.717, 1.165) is 43.4 Å². The minimum Gasteiger partial charge on any atom is -0.343 e. The van der Waals surface area contributed by atoms with Crippen molar-refractivity contribution in [2.45, 2.75) is 32.5 Å². The summed E-state index contributed by atoms with van der Waals surface area (Å²) in [7, 11) is 0. The maximum absolute atomic E-state index is 12.3. The summed E-state index contributed by atoms with van der Waals surface area (Å²) in [6.07, 6.45) is -0.346. The smallest absolute Gasteiger partial charge is 0.343 e. The lowest BCUT2D eigenvalue weighted by Gasteiger charge is -2.22. The molecule has 1 aromatic carbocycles. The Kier molecular flexibility index (Phi) is 6.52. The van der Waals surface area contributed by atoms with Gasteiger partial charge in [-0.25, -0.2) is 0 Å². The topological polar surface area (TPSA) is 59.0 Å². The summed E-state index contributed by atoms with van der Waals surface area (Å²) >= 11 is 0. The van der Waals surface area contributed by atoms with E-state index in [9.17, 15) is 18.0 Å². The third-order valence-electron chi connectivity index (χ3n) is 4.60. The molecule has 2 heterocycles. The van der Waals surface area contributed by atoms with E-state index in [-0.39, 0.29) is 18.0 Å². The van der Waals surface area contributed by atoms with E-state index in [0.29, 0.717) is 11.5 Å². The molecule has 1 saturated heterocycles. The molecule has 1 amide bonds. The van der Waals surface area contributed by atoms with Crippen LogP contribution in [0.3, 0.4) is 0 Å². The molecule has 0 unspecified atom stereocenters. The first kappa shape index (κ1) is 20.5. The molecule has 2 N–H and O–H groups in total. The molecule has 2 aromatic rings. The molecular formula is C17H22ClF3N4O. The van der Waals surface area contributed by atoms with E-state index in [1.807, 2.05) is 16.2 Å². The van der Waals surface area contributed by atoms with Gasteiger partial charge in [-0.15, -0.1) is 12.4 Å². The van der Waals surface area contributed by atoms with E-state index < -0.39 is 18.6 Å². The highest BCUT2D eigenvalue weighted by Gasteiger charge is 2.28. The number of carbonyl (C=O) groups excluding carboxylic acids is 1. The molecule has 0 radical (unpaired) electrons. The van der Waals surface area contributed by atoms with Crippen LogP contribution < -0.4 is 10.6 Å². The van der Waals surface area contributed by atoms with E-state index >= 15 is 0 Å². The van der Waals surface area contributed by atoms with Crippen molar-refractivity contribution in [3.05, 3.63) is 29.5 Å². The number of nitrogens with zero attached hydrogens (tertiary/aromatic N) is 2. The number of alkyl halides is 3. The number of hydrogen-bond acceptors (Lipinski definition) is 3. The first-order valence-corrected chi connectivity index (χ1v) is 8.36. The molecular weight excluding hydrogens is 369 g/mol. The van der Waals surface area contributed by atoms with Crippen molar-refractivity contribution in [2.75, 3.05) is 19.6 Å². The van der Waals surface area contributed by atoms with Crippen LogP contribution in [0.1, 0.15) is 28.8 Å². The molecule has 1 fully saturated rings. The zero-order valence-corrected chi connectivity index (χ0v) is 15.2. The first-order valence-electron chi connectivity index (χ1n) is 8.36. The Morgan fingerprint density at radius 3 is 2.69 bits per heavy atom. The van der Waals surface area contributed by atoms with Gasteiger partial charge in [0.05, 0.1) is 5.52 Å². The van der Waals surface area contributed by atoms with Crippen LogP contribution in [0.2, 0.25) is 0 Å². The zero-order chi connectivity index (χ0) is 18.0. The molecule has 5 nitrogen and oxygen atoms in total. The standard InChI is InChI=1S/C17H21F3N4O.ClH/c1-11-13(16(25)22-10-17(18,19)20)2-3-15-14(11)9-24(23-15)8-12-4-6-21-7-5-12;/h2-3,9,12,21H,4-8,10H2,1H3,(H,22,25);1H. The second kappa shape index (κ2) is 8.26. The van der Waals surface area contributed by atoms with Crippen molar-refractivity contribution < 1.29 is 18.0 Å². The fraction of sp³-hybridized carbons (Fsp3) is 0.529. The number of amides is 1. The lowest BCUT2D eigenvalue weighted by atomic mass is 9.98.